The maximum absolute atomic E-state index is 6.00. The van der Waals surface area contributed by atoms with E-state index in [0.29, 0.717) is 6.04 Å². The number of thioether (sulfide) groups is 1. The topological polar surface area (TPSA) is 43.8 Å². The average molecular weight is 213 g/mol. The minimum atomic E-state index is 0.394. The lowest BCUT2D eigenvalue weighted by atomic mass is 10.3. The summed E-state index contributed by atoms with van der Waals surface area (Å²) in [6.07, 6.45) is 4.10. The molecule has 1 atom stereocenters. The molecule has 0 fully saturated rings. The first-order valence-corrected chi connectivity index (χ1v) is 6.15. The van der Waals surface area contributed by atoms with Crippen molar-refractivity contribution in [3.63, 3.8) is 0 Å². The van der Waals surface area contributed by atoms with E-state index >= 15 is 0 Å². The summed E-state index contributed by atoms with van der Waals surface area (Å²) in [7, 11) is 0. The number of nitrogens with zero attached hydrogens (tertiary/aromatic N) is 2. The number of anilines is 1. The van der Waals surface area contributed by atoms with E-state index < -0.39 is 0 Å². The maximum atomic E-state index is 6.00. The Balaban J connectivity index is 2.74. The smallest absolute Gasteiger partial charge is 0.135 e. The fourth-order valence-electron chi connectivity index (χ4n) is 1.20. The third kappa shape index (κ3) is 2.44. The van der Waals surface area contributed by atoms with Crippen LogP contribution in [0.5, 0.6) is 0 Å². The Morgan fingerprint density at radius 1 is 1.57 bits per heavy atom. The number of nitrogen functional groups attached to an aromatic ring is 1. The van der Waals surface area contributed by atoms with Crippen LogP contribution >= 0.6 is 11.8 Å². The summed E-state index contributed by atoms with van der Waals surface area (Å²) >= 11 is 1.79. The summed E-state index contributed by atoms with van der Waals surface area (Å²) in [6.45, 7) is 6.45. The van der Waals surface area contributed by atoms with E-state index in [1.54, 1.807) is 11.8 Å². The molecule has 0 aliphatic rings. The SMILES string of the molecule is CCCSc1cnn(C(C)CC)c1N. The van der Waals surface area contributed by atoms with Crippen molar-refractivity contribution in [3.05, 3.63) is 6.20 Å². The van der Waals surface area contributed by atoms with Gasteiger partial charge in [-0.25, -0.2) is 4.68 Å². The third-order valence-corrected chi connectivity index (χ3v) is 3.51. The molecule has 0 bridgehead atoms. The van der Waals surface area contributed by atoms with Crippen molar-refractivity contribution in [3.8, 4) is 0 Å². The second-order valence-electron chi connectivity index (χ2n) is 3.44. The zero-order chi connectivity index (χ0) is 10.6. The normalized spacial score (nSPS) is 13.1. The maximum Gasteiger partial charge on any atom is 0.135 e. The molecule has 0 aliphatic heterocycles. The molecule has 0 saturated carbocycles. The molecule has 80 valence electrons. The third-order valence-electron chi connectivity index (χ3n) is 2.27. The van der Waals surface area contributed by atoms with Crippen LogP contribution in [-0.2, 0) is 0 Å². The van der Waals surface area contributed by atoms with E-state index in [1.165, 1.54) is 6.42 Å². The summed E-state index contributed by atoms with van der Waals surface area (Å²) < 4.78 is 1.91. The summed E-state index contributed by atoms with van der Waals surface area (Å²) in [5, 5.41) is 4.31. The molecule has 0 aromatic carbocycles. The monoisotopic (exact) mass is 213 g/mol. The molecule has 14 heavy (non-hydrogen) atoms. The molecule has 0 amide bonds. The Bertz CT molecular complexity index is 283. The van der Waals surface area contributed by atoms with Gasteiger partial charge in [0.05, 0.1) is 17.1 Å². The number of hydrogen-bond donors (Lipinski definition) is 1. The second kappa shape index (κ2) is 5.29. The molecule has 0 radical (unpaired) electrons. The largest absolute Gasteiger partial charge is 0.383 e. The molecule has 1 unspecified atom stereocenters. The minimum absolute atomic E-state index is 0.394. The molecule has 4 heteroatoms. The molecule has 1 rings (SSSR count). The first-order chi connectivity index (χ1) is 6.70. The van der Waals surface area contributed by atoms with E-state index in [0.717, 1.165) is 22.9 Å². The van der Waals surface area contributed by atoms with Crippen molar-refractivity contribution in [1.29, 1.82) is 0 Å². The van der Waals surface area contributed by atoms with Gasteiger partial charge in [-0.15, -0.1) is 11.8 Å². The first kappa shape index (κ1) is 11.4. The fraction of sp³-hybridized carbons (Fsp3) is 0.700. The van der Waals surface area contributed by atoms with Crippen LogP contribution in [0.25, 0.3) is 0 Å². The van der Waals surface area contributed by atoms with Crippen LogP contribution in [0.3, 0.4) is 0 Å². The van der Waals surface area contributed by atoms with Crippen LogP contribution in [0.2, 0.25) is 0 Å². The van der Waals surface area contributed by atoms with Gasteiger partial charge in [-0.3, -0.25) is 0 Å². The Kier molecular flexibility index (Phi) is 4.32. The number of rotatable bonds is 5. The average Bonchev–Trinajstić information content (AvgIpc) is 2.56. The number of nitrogens with two attached hydrogens (primary N) is 1. The van der Waals surface area contributed by atoms with E-state index in [9.17, 15) is 0 Å². The highest BCUT2D eigenvalue weighted by molar-refractivity contribution is 7.99. The number of aromatic nitrogens is 2. The van der Waals surface area contributed by atoms with Crippen molar-refractivity contribution in [2.75, 3.05) is 11.5 Å². The van der Waals surface area contributed by atoms with Gasteiger partial charge in [0.2, 0.25) is 0 Å². The zero-order valence-electron chi connectivity index (χ0n) is 9.16. The van der Waals surface area contributed by atoms with Crippen molar-refractivity contribution in [2.45, 2.75) is 44.6 Å². The Hall–Kier alpha value is -0.640. The van der Waals surface area contributed by atoms with Gasteiger partial charge in [0, 0.05) is 0 Å². The molecular formula is C10H19N3S. The van der Waals surface area contributed by atoms with Crippen LogP contribution in [-0.4, -0.2) is 15.5 Å². The quantitative estimate of drug-likeness (QED) is 0.765. The van der Waals surface area contributed by atoms with Crippen LogP contribution in [0.1, 0.15) is 39.7 Å². The van der Waals surface area contributed by atoms with Gasteiger partial charge in [0.1, 0.15) is 5.82 Å². The van der Waals surface area contributed by atoms with Gasteiger partial charge in [-0.2, -0.15) is 5.10 Å². The predicted molar refractivity (Wildman–Crippen MR) is 62.7 cm³/mol. The Morgan fingerprint density at radius 2 is 2.29 bits per heavy atom. The van der Waals surface area contributed by atoms with E-state index in [-0.39, 0.29) is 0 Å². The van der Waals surface area contributed by atoms with E-state index in [4.69, 9.17) is 5.73 Å². The number of hydrogen-bond acceptors (Lipinski definition) is 3. The standard InChI is InChI=1S/C10H19N3S/c1-4-6-14-9-7-12-13(10(9)11)8(3)5-2/h7-8H,4-6,11H2,1-3H3. The second-order valence-corrected chi connectivity index (χ2v) is 4.58. The Labute approximate surface area is 90.1 Å². The van der Waals surface area contributed by atoms with E-state index in [1.807, 2.05) is 10.9 Å². The molecule has 1 aromatic rings. The molecule has 1 aromatic heterocycles. The molecule has 2 N–H and O–H groups in total. The highest BCUT2D eigenvalue weighted by atomic mass is 32.2. The van der Waals surface area contributed by atoms with Gasteiger partial charge in [-0.05, 0) is 25.5 Å². The molecule has 0 spiro atoms. The zero-order valence-corrected chi connectivity index (χ0v) is 9.97. The Morgan fingerprint density at radius 3 is 2.86 bits per heavy atom. The van der Waals surface area contributed by atoms with Crippen LogP contribution < -0.4 is 5.73 Å². The minimum Gasteiger partial charge on any atom is -0.383 e. The van der Waals surface area contributed by atoms with Crippen molar-refractivity contribution in [1.82, 2.24) is 9.78 Å². The molecule has 1 heterocycles. The highest BCUT2D eigenvalue weighted by Crippen LogP contribution is 2.27. The lowest BCUT2D eigenvalue weighted by molar-refractivity contribution is 0.484. The molecular weight excluding hydrogens is 194 g/mol. The van der Waals surface area contributed by atoms with Gasteiger partial charge in [-0.1, -0.05) is 13.8 Å². The van der Waals surface area contributed by atoms with Crippen LogP contribution in [0.4, 0.5) is 5.82 Å². The van der Waals surface area contributed by atoms with Crippen LogP contribution in [0.15, 0.2) is 11.1 Å². The van der Waals surface area contributed by atoms with Gasteiger partial charge in [0.25, 0.3) is 0 Å². The van der Waals surface area contributed by atoms with Crippen molar-refractivity contribution in [2.24, 2.45) is 0 Å². The van der Waals surface area contributed by atoms with Gasteiger partial charge < -0.3 is 5.73 Å². The van der Waals surface area contributed by atoms with Gasteiger partial charge in [0.15, 0.2) is 0 Å². The summed E-state index contributed by atoms with van der Waals surface area (Å²) in [5.74, 6) is 1.92. The molecule has 0 aliphatic carbocycles. The first-order valence-electron chi connectivity index (χ1n) is 5.16. The van der Waals surface area contributed by atoms with E-state index in [2.05, 4.69) is 25.9 Å². The van der Waals surface area contributed by atoms with Gasteiger partial charge >= 0.3 is 0 Å². The molecule has 0 saturated heterocycles. The molecule has 3 nitrogen and oxygen atoms in total. The highest BCUT2D eigenvalue weighted by Gasteiger charge is 2.11. The summed E-state index contributed by atoms with van der Waals surface area (Å²) in [4.78, 5) is 1.12. The van der Waals surface area contributed by atoms with Crippen LogP contribution in [0, 0.1) is 0 Å². The lowest BCUT2D eigenvalue weighted by Crippen LogP contribution is -2.09. The fourth-order valence-corrected chi connectivity index (χ4v) is 1.99. The summed E-state index contributed by atoms with van der Waals surface area (Å²) in [6, 6.07) is 0.394. The summed E-state index contributed by atoms with van der Waals surface area (Å²) in [5.41, 5.74) is 6.00. The lowest BCUT2D eigenvalue weighted by Gasteiger charge is -2.11. The predicted octanol–water partition coefficient (Wildman–Crippen LogP) is 2.94. The van der Waals surface area contributed by atoms with Crippen molar-refractivity contribution < 1.29 is 0 Å². The van der Waals surface area contributed by atoms with Crippen molar-refractivity contribution >= 4 is 17.6 Å².